The Hall–Kier alpha value is -1.09. The molecule has 1 aromatic rings. The minimum absolute atomic E-state index is 0. The first kappa shape index (κ1) is 14.0. The summed E-state index contributed by atoms with van der Waals surface area (Å²) in [6.07, 6.45) is 0. The highest BCUT2D eigenvalue weighted by molar-refractivity contribution is 7.91. The second-order valence-electron chi connectivity index (χ2n) is 3.94. The van der Waals surface area contributed by atoms with E-state index in [2.05, 4.69) is 5.32 Å². The summed E-state index contributed by atoms with van der Waals surface area (Å²) in [6.45, 7) is 1.55. The van der Waals surface area contributed by atoms with Gasteiger partial charge in [-0.1, -0.05) is 0 Å². The summed E-state index contributed by atoms with van der Waals surface area (Å²) >= 11 is 0. The molecule has 2 rings (SSSR count). The molecule has 92 valence electrons. The zero-order chi connectivity index (χ0) is 11.6. The normalized spacial score (nSPS) is 15.5. The van der Waals surface area contributed by atoms with E-state index < -0.39 is 9.84 Å². The fourth-order valence-corrected chi connectivity index (χ4v) is 3.21. The number of nitrogens with one attached hydrogen (secondary N) is 1. The third-order valence-electron chi connectivity index (χ3n) is 2.66. The third-order valence-corrected chi connectivity index (χ3v) is 4.56. The Labute approximate surface area is 107 Å². The van der Waals surface area contributed by atoms with Crippen LogP contribution in [0.5, 0.6) is 0 Å². The van der Waals surface area contributed by atoms with Gasteiger partial charge in [-0.2, -0.15) is 5.26 Å². The van der Waals surface area contributed by atoms with Crippen LogP contribution in [0.4, 0.5) is 0 Å². The Kier molecular flexibility index (Phi) is 4.52. The van der Waals surface area contributed by atoms with Crippen LogP contribution in [0.15, 0.2) is 29.2 Å². The van der Waals surface area contributed by atoms with E-state index in [0.29, 0.717) is 10.5 Å². The number of hydrogen-bond donors (Lipinski definition) is 1. The maximum atomic E-state index is 11.9. The lowest BCUT2D eigenvalue weighted by Crippen LogP contribution is -2.45. The van der Waals surface area contributed by atoms with Crippen molar-refractivity contribution in [3.05, 3.63) is 29.8 Å². The first-order chi connectivity index (χ1) is 7.62. The molecule has 4 nitrogen and oxygen atoms in total. The van der Waals surface area contributed by atoms with Crippen molar-refractivity contribution in [3.63, 3.8) is 0 Å². The molecule has 1 aliphatic rings. The Balaban J connectivity index is 0.00000144. The summed E-state index contributed by atoms with van der Waals surface area (Å²) in [4.78, 5) is 0.304. The van der Waals surface area contributed by atoms with Gasteiger partial charge < -0.3 is 5.32 Å². The molecule has 0 atom stereocenters. The first-order valence-corrected chi connectivity index (χ1v) is 6.71. The number of halogens is 1. The minimum Gasteiger partial charge on any atom is -0.316 e. The van der Waals surface area contributed by atoms with E-state index in [0.717, 1.165) is 13.1 Å². The minimum atomic E-state index is -3.19. The van der Waals surface area contributed by atoms with Crippen LogP contribution >= 0.6 is 12.4 Å². The van der Waals surface area contributed by atoms with Crippen molar-refractivity contribution in [1.82, 2.24) is 5.32 Å². The molecule has 17 heavy (non-hydrogen) atoms. The summed E-state index contributed by atoms with van der Waals surface area (Å²) in [5.74, 6) is 0.409. The number of sulfone groups is 1. The molecule has 0 saturated carbocycles. The highest BCUT2D eigenvalue weighted by Gasteiger charge is 2.25. The molecule has 1 aromatic carbocycles. The molecule has 0 amide bonds. The molecule has 0 bridgehead atoms. The summed E-state index contributed by atoms with van der Waals surface area (Å²) in [5, 5.41) is 11.7. The quantitative estimate of drug-likeness (QED) is 0.890. The maximum absolute atomic E-state index is 11.9. The first-order valence-electron chi connectivity index (χ1n) is 5.05. The van der Waals surface area contributed by atoms with E-state index in [1.807, 2.05) is 6.07 Å². The Morgan fingerprint density at radius 1 is 1.29 bits per heavy atom. The molecule has 1 heterocycles. The topological polar surface area (TPSA) is 70.0 Å². The van der Waals surface area contributed by atoms with Gasteiger partial charge in [-0.25, -0.2) is 8.42 Å². The van der Waals surface area contributed by atoms with E-state index in [4.69, 9.17) is 5.26 Å². The number of rotatable bonds is 3. The van der Waals surface area contributed by atoms with Crippen LogP contribution in [0, 0.1) is 17.2 Å². The molecule has 0 aromatic heterocycles. The second kappa shape index (κ2) is 5.50. The predicted molar refractivity (Wildman–Crippen MR) is 66.8 cm³/mol. The Morgan fingerprint density at radius 2 is 1.88 bits per heavy atom. The fraction of sp³-hybridized carbons (Fsp3) is 0.364. The zero-order valence-corrected chi connectivity index (χ0v) is 10.7. The molecule has 0 unspecified atom stereocenters. The van der Waals surface area contributed by atoms with Crippen molar-refractivity contribution in [2.45, 2.75) is 4.90 Å². The average Bonchev–Trinajstić information content (AvgIpc) is 2.24. The van der Waals surface area contributed by atoms with Gasteiger partial charge in [0.2, 0.25) is 0 Å². The van der Waals surface area contributed by atoms with Gasteiger partial charge in [-0.05, 0) is 30.2 Å². The lowest BCUT2D eigenvalue weighted by Gasteiger charge is -2.26. The number of benzene rings is 1. The van der Waals surface area contributed by atoms with Crippen LogP contribution in [-0.4, -0.2) is 27.3 Å². The van der Waals surface area contributed by atoms with Crippen LogP contribution < -0.4 is 5.32 Å². The number of nitriles is 1. The van der Waals surface area contributed by atoms with Gasteiger partial charge in [0.25, 0.3) is 0 Å². The maximum Gasteiger partial charge on any atom is 0.178 e. The van der Waals surface area contributed by atoms with Crippen molar-refractivity contribution in [1.29, 1.82) is 5.26 Å². The third kappa shape index (κ3) is 3.19. The van der Waals surface area contributed by atoms with E-state index >= 15 is 0 Å². The van der Waals surface area contributed by atoms with Crippen molar-refractivity contribution in [2.75, 3.05) is 18.8 Å². The van der Waals surface area contributed by atoms with Crippen LogP contribution in [-0.2, 0) is 9.84 Å². The molecular formula is C11H13ClN2O2S. The summed E-state index contributed by atoms with van der Waals surface area (Å²) in [6, 6.07) is 8.03. The summed E-state index contributed by atoms with van der Waals surface area (Å²) in [5.41, 5.74) is 0.476. The molecule has 1 N–H and O–H groups in total. The lowest BCUT2D eigenvalue weighted by molar-refractivity contribution is 0.378. The molecule has 6 heteroatoms. The van der Waals surface area contributed by atoms with Crippen LogP contribution in [0.2, 0.25) is 0 Å². The van der Waals surface area contributed by atoms with Crippen molar-refractivity contribution >= 4 is 22.2 Å². The zero-order valence-electron chi connectivity index (χ0n) is 9.09. The van der Waals surface area contributed by atoms with E-state index in [9.17, 15) is 8.42 Å². The highest BCUT2D eigenvalue weighted by Crippen LogP contribution is 2.16. The second-order valence-corrected chi connectivity index (χ2v) is 5.98. The molecule has 1 aliphatic heterocycles. The predicted octanol–water partition coefficient (Wildman–Crippen LogP) is 0.973. The standard InChI is InChI=1S/C11H12N2O2S.ClH/c12-5-9-1-3-11(4-2-9)16(14,15)8-10-6-13-7-10;/h1-4,10,13H,6-8H2;1H. The van der Waals surface area contributed by atoms with Gasteiger partial charge in [0.15, 0.2) is 9.84 Å². The number of nitrogens with zero attached hydrogens (tertiary/aromatic N) is 1. The molecule has 0 aliphatic carbocycles. The summed E-state index contributed by atoms with van der Waals surface area (Å²) < 4.78 is 23.8. The molecule has 0 spiro atoms. The van der Waals surface area contributed by atoms with Gasteiger partial charge in [-0.3, -0.25) is 0 Å². The number of hydrogen-bond acceptors (Lipinski definition) is 4. The fourth-order valence-electron chi connectivity index (χ4n) is 1.61. The lowest BCUT2D eigenvalue weighted by atomic mass is 10.1. The molecule has 0 radical (unpaired) electrons. The van der Waals surface area contributed by atoms with Crippen molar-refractivity contribution in [2.24, 2.45) is 5.92 Å². The van der Waals surface area contributed by atoms with Crippen molar-refractivity contribution in [3.8, 4) is 6.07 Å². The monoisotopic (exact) mass is 272 g/mol. The van der Waals surface area contributed by atoms with Crippen LogP contribution in [0.25, 0.3) is 0 Å². The smallest absolute Gasteiger partial charge is 0.178 e. The van der Waals surface area contributed by atoms with Crippen LogP contribution in [0.3, 0.4) is 0 Å². The molecule has 1 saturated heterocycles. The van der Waals surface area contributed by atoms with E-state index in [1.54, 1.807) is 0 Å². The SMILES string of the molecule is Cl.N#Cc1ccc(S(=O)(=O)CC2CNC2)cc1. The van der Waals surface area contributed by atoms with Gasteiger partial charge in [0, 0.05) is 13.1 Å². The largest absolute Gasteiger partial charge is 0.316 e. The van der Waals surface area contributed by atoms with Gasteiger partial charge in [0.05, 0.1) is 22.3 Å². The van der Waals surface area contributed by atoms with E-state index in [-0.39, 0.29) is 24.1 Å². The van der Waals surface area contributed by atoms with Gasteiger partial charge in [0.1, 0.15) is 0 Å². The summed E-state index contributed by atoms with van der Waals surface area (Å²) in [7, 11) is -3.19. The van der Waals surface area contributed by atoms with Crippen LogP contribution in [0.1, 0.15) is 5.56 Å². The Bertz CT molecular complexity index is 515. The van der Waals surface area contributed by atoms with Gasteiger partial charge >= 0.3 is 0 Å². The Morgan fingerprint density at radius 3 is 2.29 bits per heavy atom. The van der Waals surface area contributed by atoms with E-state index in [1.165, 1.54) is 24.3 Å². The molecular weight excluding hydrogens is 260 g/mol. The van der Waals surface area contributed by atoms with Gasteiger partial charge in [-0.15, -0.1) is 12.4 Å². The highest BCUT2D eigenvalue weighted by atomic mass is 35.5. The van der Waals surface area contributed by atoms with Crippen molar-refractivity contribution < 1.29 is 8.42 Å². The molecule has 1 fully saturated rings. The average molecular weight is 273 g/mol.